The Morgan fingerprint density at radius 3 is 2.47 bits per heavy atom. The maximum Gasteiger partial charge on any atom is 0.227 e. The molecule has 1 saturated heterocycles. The highest BCUT2D eigenvalue weighted by atomic mass is 32.2. The Hall–Kier alpha value is -2.48. The number of thiophene rings is 1. The van der Waals surface area contributed by atoms with E-state index >= 15 is 0 Å². The van der Waals surface area contributed by atoms with Gasteiger partial charge in [-0.2, -0.15) is 11.3 Å². The molecule has 2 aromatic carbocycles. The van der Waals surface area contributed by atoms with E-state index in [4.69, 9.17) is 0 Å². The molecule has 2 heterocycles. The summed E-state index contributed by atoms with van der Waals surface area (Å²) in [6.07, 6.45) is 1.06. The first-order valence-electron chi connectivity index (χ1n) is 9.96. The molecule has 0 radical (unpaired) electrons. The zero-order valence-corrected chi connectivity index (χ0v) is 18.2. The van der Waals surface area contributed by atoms with Crippen molar-refractivity contribution in [3.8, 4) is 11.1 Å². The summed E-state index contributed by atoms with van der Waals surface area (Å²) in [5.41, 5.74) is 3.75. The monoisotopic (exact) mass is 440 g/mol. The van der Waals surface area contributed by atoms with Crippen LogP contribution in [0, 0.1) is 5.92 Å². The Kier molecular flexibility index (Phi) is 6.32. The van der Waals surface area contributed by atoms with Gasteiger partial charge in [0.2, 0.25) is 15.9 Å². The molecule has 1 aromatic heterocycles. The smallest absolute Gasteiger partial charge is 0.227 e. The quantitative estimate of drug-likeness (QED) is 0.609. The number of nitrogens with one attached hydrogen (secondary N) is 1. The Morgan fingerprint density at radius 1 is 1.00 bits per heavy atom. The van der Waals surface area contributed by atoms with E-state index in [-0.39, 0.29) is 17.6 Å². The second-order valence-electron chi connectivity index (χ2n) is 7.50. The highest BCUT2D eigenvalue weighted by Crippen LogP contribution is 2.26. The first-order valence-corrected chi connectivity index (χ1v) is 12.5. The number of carbonyl (C=O) groups excluding carboxylic acids is 1. The molecule has 4 rings (SSSR count). The van der Waals surface area contributed by atoms with E-state index in [9.17, 15) is 13.2 Å². The normalized spacial score (nSPS) is 15.7. The Morgan fingerprint density at radius 2 is 1.77 bits per heavy atom. The molecule has 156 valence electrons. The summed E-state index contributed by atoms with van der Waals surface area (Å²) in [7, 11) is -3.37. The topological polar surface area (TPSA) is 66.5 Å². The molecule has 0 saturated carbocycles. The van der Waals surface area contributed by atoms with Crippen molar-refractivity contribution in [3.63, 3.8) is 0 Å². The van der Waals surface area contributed by atoms with E-state index in [0.717, 1.165) is 22.4 Å². The molecule has 1 amide bonds. The molecule has 30 heavy (non-hydrogen) atoms. The van der Waals surface area contributed by atoms with Crippen LogP contribution in [-0.4, -0.2) is 31.7 Å². The van der Waals surface area contributed by atoms with E-state index < -0.39 is 10.0 Å². The van der Waals surface area contributed by atoms with Crippen LogP contribution in [-0.2, 0) is 20.6 Å². The van der Waals surface area contributed by atoms with Crippen molar-refractivity contribution < 1.29 is 13.2 Å². The zero-order valence-electron chi connectivity index (χ0n) is 16.5. The van der Waals surface area contributed by atoms with Gasteiger partial charge in [0.1, 0.15) is 0 Å². The number of piperidine rings is 1. The van der Waals surface area contributed by atoms with Crippen molar-refractivity contribution in [1.82, 2.24) is 4.31 Å². The molecule has 1 N–H and O–H groups in total. The fourth-order valence-electron chi connectivity index (χ4n) is 3.72. The molecule has 1 aliphatic heterocycles. The minimum atomic E-state index is -3.37. The highest BCUT2D eigenvalue weighted by Gasteiger charge is 2.31. The minimum absolute atomic E-state index is 0.0000778. The number of sulfonamides is 1. The van der Waals surface area contributed by atoms with Gasteiger partial charge in [-0.05, 0) is 58.5 Å². The maximum atomic E-state index is 12.7. The molecule has 1 fully saturated rings. The lowest BCUT2D eigenvalue weighted by Gasteiger charge is -2.30. The molecule has 0 unspecified atom stereocenters. The van der Waals surface area contributed by atoms with Gasteiger partial charge in [-0.3, -0.25) is 4.79 Å². The van der Waals surface area contributed by atoms with Crippen molar-refractivity contribution in [2.24, 2.45) is 5.92 Å². The van der Waals surface area contributed by atoms with Crippen LogP contribution in [0.4, 0.5) is 5.69 Å². The van der Waals surface area contributed by atoms with Crippen molar-refractivity contribution >= 4 is 33.0 Å². The van der Waals surface area contributed by atoms with Crippen LogP contribution >= 0.6 is 11.3 Å². The molecule has 0 aliphatic carbocycles. The molecular formula is C23H24N2O3S2. The van der Waals surface area contributed by atoms with Crippen LogP contribution < -0.4 is 5.32 Å². The third-order valence-electron chi connectivity index (χ3n) is 5.39. The number of nitrogens with zero attached hydrogens (tertiary/aromatic N) is 1. The van der Waals surface area contributed by atoms with Gasteiger partial charge in [0.05, 0.1) is 5.75 Å². The first kappa shape index (κ1) is 20.8. The predicted molar refractivity (Wildman–Crippen MR) is 122 cm³/mol. The summed E-state index contributed by atoms with van der Waals surface area (Å²) in [5, 5.41) is 7.11. The van der Waals surface area contributed by atoms with Gasteiger partial charge >= 0.3 is 0 Å². The summed E-state index contributed by atoms with van der Waals surface area (Å²) >= 11 is 1.64. The third kappa shape index (κ3) is 4.98. The SMILES string of the molecule is O=C(Nc1cccc(-c2ccsc2)c1)C1CCN(S(=O)(=O)Cc2ccccc2)CC1. The summed E-state index contributed by atoms with van der Waals surface area (Å²) in [6, 6.07) is 19.1. The van der Waals surface area contributed by atoms with Crippen molar-refractivity contribution in [2.75, 3.05) is 18.4 Å². The standard InChI is InChI=1S/C23H24N2O3S2/c26-23(24-22-8-4-7-20(15-22)21-11-14-29-16-21)19-9-12-25(13-10-19)30(27,28)17-18-5-2-1-3-6-18/h1-8,11,14-16,19H,9-10,12-13,17H2,(H,24,26). The van der Waals surface area contributed by atoms with Crippen LogP contribution in [0.25, 0.3) is 11.1 Å². The number of hydrogen-bond acceptors (Lipinski definition) is 4. The first-order chi connectivity index (χ1) is 14.5. The summed E-state index contributed by atoms with van der Waals surface area (Å²) in [4.78, 5) is 12.7. The van der Waals surface area contributed by atoms with Crippen LogP contribution in [0.3, 0.4) is 0 Å². The van der Waals surface area contributed by atoms with Crippen molar-refractivity contribution in [2.45, 2.75) is 18.6 Å². The van der Waals surface area contributed by atoms with E-state index in [1.54, 1.807) is 11.3 Å². The fraction of sp³-hybridized carbons (Fsp3) is 0.261. The molecule has 3 aromatic rings. The molecule has 0 bridgehead atoms. The van der Waals surface area contributed by atoms with E-state index in [2.05, 4.69) is 16.8 Å². The van der Waals surface area contributed by atoms with Crippen LogP contribution in [0.1, 0.15) is 18.4 Å². The van der Waals surface area contributed by atoms with Gasteiger partial charge in [-0.1, -0.05) is 42.5 Å². The molecule has 7 heteroatoms. The lowest BCUT2D eigenvalue weighted by atomic mass is 9.97. The number of amides is 1. The van der Waals surface area contributed by atoms with Crippen LogP contribution in [0.2, 0.25) is 0 Å². The van der Waals surface area contributed by atoms with E-state index in [1.807, 2.05) is 60.0 Å². The third-order valence-corrected chi connectivity index (χ3v) is 7.93. The van der Waals surface area contributed by atoms with Gasteiger partial charge in [0, 0.05) is 24.7 Å². The van der Waals surface area contributed by atoms with Gasteiger partial charge in [-0.15, -0.1) is 0 Å². The Balaban J connectivity index is 1.34. The zero-order chi connectivity index (χ0) is 21.0. The lowest BCUT2D eigenvalue weighted by Crippen LogP contribution is -2.41. The number of anilines is 1. The maximum absolute atomic E-state index is 12.7. The van der Waals surface area contributed by atoms with E-state index in [0.29, 0.717) is 25.9 Å². The number of hydrogen-bond donors (Lipinski definition) is 1. The largest absolute Gasteiger partial charge is 0.326 e. The van der Waals surface area contributed by atoms with Crippen LogP contribution in [0.5, 0.6) is 0 Å². The molecule has 1 aliphatic rings. The second kappa shape index (κ2) is 9.12. The van der Waals surface area contributed by atoms with Crippen LogP contribution in [0.15, 0.2) is 71.4 Å². The second-order valence-corrected chi connectivity index (χ2v) is 10.2. The minimum Gasteiger partial charge on any atom is -0.326 e. The Labute approximate surface area is 181 Å². The predicted octanol–water partition coefficient (Wildman–Crippen LogP) is 4.60. The van der Waals surface area contributed by atoms with Gasteiger partial charge in [0.15, 0.2) is 0 Å². The number of carbonyl (C=O) groups is 1. The summed E-state index contributed by atoms with van der Waals surface area (Å²) in [6.45, 7) is 0.754. The molecule has 0 atom stereocenters. The summed E-state index contributed by atoms with van der Waals surface area (Å²) < 4.78 is 26.9. The van der Waals surface area contributed by atoms with Gasteiger partial charge < -0.3 is 5.32 Å². The van der Waals surface area contributed by atoms with Crippen molar-refractivity contribution in [3.05, 3.63) is 77.0 Å². The fourth-order valence-corrected chi connectivity index (χ4v) is 5.95. The summed E-state index contributed by atoms with van der Waals surface area (Å²) in [5.74, 6) is -0.226. The Bertz CT molecular complexity index is 1090. The average molecular weight is 441 g/mol. The molecular weight excluding hydrogens is 416 g/mol. The molecule has 0 spiro atoms. The van der Waals surface area contributed by atoms with Gasteiger partial charge in [-0.25, -0.2) is 12.7 Å². The number of rotatable bonds is 6. The lowest BCUT2D eigenvalue weighted by molar-refractivity contribution is -0.120. The average Bonchev–Trinajstić information content (AvgIpc) is 3.29. The van der Waals surface area contributed by atoms with Crippen molar-refractivity contribution in [1.29, 1.82) is 0 Å². The van der Waals surface area contributed by atoms with Gasteiger partial charge in [0.25, 0.3) is 0 Å². The highest BCUT2D eigenvalue weighted by molar-refractivity contribution is 7.88. The molecule has 5 nitrogen and oxygen atoms in total. The van der Waals surface area contributed by atoms with E-state index in [1.165, 1.54) is 4.31 Å². The number of benzene rings is 2.